The lowest BCUT2D eigenvalue weighted by Gasteiger charge is -2.21. The number of hydrogen-bond acceptors (Lipinski definition) is 2. The van der Waals surface area contributed by atoms with E-state index in [9.17, 15) is 0 Å². The predicted molar refractivity (Wildman–Crippen MR) is 74.3 cm³/mol. The van der Waals surface area contributed by atoms with E-state index in [2.05, 4.69) is 36.5 Å². The molecule has 1 aromatic rings. The lowest BCUT2D eigenvalue weighted by Crippen LogP contribution is -2.16. The van der Waals surface area contributed by atoms with Gasteiger partial charge in [-0.2, -0.15) is 0 Å². The minimum atomic E-state index is 0. The first kappa shape index (κ1) is 12.4. The van der Waals surface area contributed by atoms with Crippen molar-refractivity contribution in [2.75, 3.05) is 18.7 Å². The minimum absolute atomic E-state index is 0. The Morgan fingerprint density at radius 3 is 2.59 bits per heavy atom. The molecular formula is C15H25NO. The summed E-state index contributed by atoms with van der Waals surface area (Å²) in [6, 6.07) is 8.42. The lowest BCUT2D eigenvalue weighted by molar-refractivity contribution is 0.0983. The molecule has 0 saturated heterocycles. The van der Waals surface area contributed by atoms with Crippen molar-refractivity contribution < 1.29 is 6.16 Å². The van der Waals surface area contributed by atoms with Gasteiger partial charge >= 0.3 is 0 Å². The SMILES string of the molecule is Cc1ccc(NCOCC2CCCCC2)cc1.[HH]. The molecule has 2 heteroatoms. The molecule has 1 aliphatic carbocycles. The second-order valence-electron chi connectivity index (χ2n) is 5.06. The second kappa shape index (κ2) is 6.65. The van der Waals surface area contributed by atoms with Crippen LogP contribution in [0.3, 0.4) is 0 Å². The minimum Gasteiger partial charge on any atom is -0.363 e. The molecule has 2 nitrogen and oxygen atoms in total. The van der Waals surface area contributed by atoms with Gasteiger partial charge in [0, 0.05) is 7.11 Å². The Kier molecular flexibility index (Phi) is 4.87. The van der Waals surface area contributed by atoms with Crippen LogP contribution in [0, 0.1) is 12.8 Å². The van der Waals surface area contributed by atoms with Gasteiger partial charge in [-0.3, -0.25) is 0 Å². The first-order valence-electron chi connectivity index (χ1n) is 6.73. The summed E-state index contributed by atoms with van der Waals surface area (Å²) in [7, 11) is 0. The molecule has 1 saturated carbocycles. The molecule has 1 N–H and O–H groups in total. The van der Waals surface area contributed by atoms with Crippen molar-refractivity contribution in [2.24, 2.45) is 5.92 Å². The van der Waals surface area contributed by atoms with Crippen LogP contribution in [-0.2, 0) is 4.74 Å². The molecule has 1 fully saturated rings. The Morgan fingerprint density at radius 1 is 1.18 bits per heavy atom. The molecule has 0 unspecified atom stereocenters. The number of rotatable bonds is 5. The summed E-state index contributed by atoms with van der Waals surface area (Å²) in [5.41, 5.74) is 2.43. The van der Waals surface area contributed by atoms with Crippen molar-refractivity contribution in [1.29, 1.82) is 0 Å². The highest BCUT2D eigenvalue weighted by Gasteiger charge is 2.12. The van der Waals surface area contributed by atoms with Crippen LogP contribution in [0.4, 0.5) is 5.69 Å². The third kappa shape index (κ3) is 4.39. The van der Waals surface area contributed by atoms with E-state index in [1.807, 2.05) is 0 Å². The summed E-state index contributed by atoms with van der Waals surface area (Å²) in [6.45, 7) is 3.64. The average Bonchev–Trinajstić information content (AvgIpc) is 2.38. The number of benzene rings is 1. The summed E-state index contributed by atoms with van der Waals surface area (Å²) < 4.78 is 5.70. The van der Waals surface area contributed by atoms with Crippen molar-refractivity contribution >= 4 is 5.69 Å². The molecule has 17 heavy (non-hydrogen) atoms. The van der Waals surface area contributed by atoms with Gasteiger partial charge in [-0.1, -0.05) is 37.0 Å². The fraction of sp³-hybridized carbons (Fsp3) is 0.600. The fourth-order valence-electron chi connectivity index (χ4n) is 2.39. The number of hydrogen-bond donors (Lipinski definition) is 1. The molecule has 2 rings (SSSR count). The third-order valence-corrected chi connectivity index (χ3v) is 3.51. The highest BCUT2D eigenvalue weighted by atomic mass is 16.5. The average molecular weight is 235 g/mol. The normalized spacial score (nSPS) is 17.0. The van der Waals surface area contributed by atoms with Gasteiger partial charge in [0.1, 0.15) is 6.73 Å². The van der Waals surface area contributed by atoms with Crippen LogP contribution in [0.25, 0.3) is 0 Å². The Bertz CT molecular complexity index is 320. The Balaban J connectivity index is 0.00000162. The predicted octanol–water partition coefficient (Wildman–Crippen LogP) is 4.21. The molecule has 1 aromatic carbocycles. The van der Waals surface area contributed by atoms with Gasteiger partial charge in [-0.25, -0.2) is 0 Å². The second-order valence-corrected chi connectivity index (χ2v) is 5.06. The van der Waals surface area contributed by atoms with Gasteiger partial charge in [0.05, 0.1) is 6.61 Å². The van der Waals surface area contributed by atoms with Gasteiger partial charge in [0.15, 0.2) is 0 Å². The van der Waals surface area contributed by atoms with Gasteiger partial charge in [-0.15, -0.1) is 0 Å². The summed E-state index contributed by atoms with van der Waals surface area (Å²) in [6.07, 6.45) is 6.89. The summed E-state index contributed by atoms with van der Waals surface area (Å²) in [5, 5.41) is 3.29. The molecule has 0 amide bonds. The highest BCUT2D eigenvalue weighted by molar-refractivity contribution is 5.43. The first-order valence-corrected chi connectivity index (χ1v) is 6.73. The molecule has 0 aliphatic heterocycles. The molecule has 0 atom stereocenters. The van der Waals surface area contributed by atoms with E-state index in [1.165, 1.54) is 37.7 Å². The third-order valence-electron chi connectivity index (χ3n) is 3.51. The van der Waals surface area contributed by atoms with Crippen LogP contribution >= 0.6 is 0 Å². The van der Waals surface area contributed by atoms with Crippen LogP contribution < -0.4 is 5.32 Å². The van der Waals surface area contributed by atoms with Crippen LogP contribution in [0.15, 0.2) is 24.3 Å². The highest BCUT2D eigenvalue weighted by Crippen LogP contribution is 2.23. The van der Waals surface area contributed by atoms with Gasteiger partial charge in [0.2, 0.25) is 0 Å². The van der Waals surface area contributed by atoms with Crippen molar-refractivity contribution in [3.8, 4) is 0 Å². The monoisotopic (exact) mass is 235 g/mol. The maximum absolute atomic E-state index is 5.70. The Morgan fingerprint density at radius 2 is 1.88 bits per heavy atom. The van der Waals surface area contributed by atoms with Crippen LogP contribution in [0.5, 0.6) is 0 Å². The zero-order valence-electron chi connectivity index (χ0n) is 10.7. The fourth-order valence-corrected chi connectivity index (χ4v) is 2.39. The van der Waals surface area contributed by atoms with Crippen molar-refractivity contribution in [3.63, 3.8) is 0 Å². The number of aryl methyl sites for hydroxylation is 1. The molecule has 0 spiro atoms. The largest absolute Gasteiger partial charge is 0.363 e. The number of nitrogens with one attached hydrogen (secondary N) is 1. The molecule has 1 aliphatic rings. The van der Waals surface area contributed by atoms with Crippen molar-refractivity contribution in [1.82, 2.24) is 0 Å². The van der Waals surface area contributed by atoms with Crippen molar-refractivity contribution in [2.45, 2.75) is 39.0 Å². The topological polar surface area (TPSA) is 21.3 Å². The van der Waals surface area contributed by atoms with Gasteiger partial charge < -0.3 is 10.1 Å². The Labute approximate surface area is 106 Å². The molecule has 0 bridgehead atoms. The standard InChI is InChI=1S/C15H23NO.H2/c1-13-7-9-15(10-8-13)16-12-17-11-14-5-3-2-4-6-14;/h7-10,14,16H,2-6,11-12H2,1H3;1H. The van der Waals surface area contributed by atoms with Crippen molar-refractivity contribution in [3.05, 3.63) is 29.8 Å². The number of anilines is 1. The maximum atomic E-state index is 5.70. The van der Waals surface area contributed by atoms with E-state index in [0.29, 0.717) is 6.73 Å². The lowest BCUT2D eigenvalue weighted by atomic mass is 9.90. The smallest absolute Gasteiger partial charge is 0.116 e. The summed E-state index contributed by atoms with van der Waals surface area (Å²) in [4.78, 5) is 0. The zero-order chi connectivity index (χ0) is 11.9. The van der Waals surface area contributed by atoms with Gasteiger partial charge in [-0.05, 0) is 37.8 Å². The first-order chi connectivity index (χ1) is 8.34. The molecule has 0 radical (unpaired) electrons. The number of ether oxygens (including phenoxy) is 1. The van der Waals surface area contributed by atoms with Crippen LogP contribution in [0.2, 0.25) is 0 Å². The van der Waals surface area contributed by atoms with E-state index in [-0.39, 0.29) is 1.43 Å². The summed E-state index contributed by atoms with van der Waals surface area (Å²) in [5.74, 6) is 0.795. The molecule has 96 valence electrons. The molecular weight excluding hydrogens is 210 g/mol. The van der Waals surface area contributed by atoms with E-state index in [0.717, 1.165) is 18.2 Å². The molecule has 0 aromatic heterocycles. The van der Waals surface area contributed by atoms with Crippen LogP contribution in [-0.4, -0.2) is 13.3 Å². The summed E-state index contributed by atoms with van der Waals surface area (Å²) >= 11 is 0. The van der Waals surface area contributed by atoms with E-state index >= 15 is 0 Å². The van der Waals surface area contributed by atoms with Crippen LogP contribution in [0.1, 0.15) is 39.1 Å². The van der Waals surface area contributed by atoms with E-state index < -0.39 is 0 Å². The van der Waals surface area contributed by atoms with E-state index in [4.69, 9.17) is 4.74 Å². The molecule has 0 heterocycles. The van der Waals surface area contributed by atoms with E-state index in [1.54, 1.807) is 0 Å². The zero-order valence-corrected chi connectivity index (χ0v) is 10.7. The van der Waals surface area contributed by atoms with Gasteiger partial charge in [0.25, 0.3) is 0 Å². The maximum Gasteiger partial charge on any atom is 0.116 e. The quantitative estimate of drug-likeness (QED) is 0.610. The Hall–Kier alpha value is -1.02.